The van der Waals surface area contributed by atoms with Crippen molar-refractivity contribution in [2.75, 3.05) is 19.0 Å². The van der Waals surface area contributed by atoms with E-state index in [1.165, 1.54) is 19.4 Å². The molecule has 0 aliphatic carbocycles. The van der Waals surface area contributed by atoms with E-state index >= 15 is 0 Å². The van der Waals surface area contributed by atoms with Gasteiger partial charge in [-0.1, -0.05) is 0 Å². The summed E-state index contributed by atoms with van der Waals surface area (Å²) in [4.78, 5) is 28.2. The molecule has 1 aliphatic heterocycles. The summed E-state index contributed by atoms with van der Waals surface area (Å²) >= 11 is 0. The van der Waals surface area contributed by atoms with E-state index in [2.05, 4.69) is 10.3 Å². The number of aliphatic hydroxyl groups excluding tert-OH is 3. The fourth-order valence-corrected chi connectivity index (χ4v) is 2.72. The SMILES string of the molecule is COc1ccc(C(=O)Nc2ccn([C@@H]3O[C@H](CO)[C@@H](O)[C@H]3O)c(=O)n2)cc1. The lowest BCUT2D eigenvalue weighted by Gasteiger charge is -2.17. The van der Waals surface area contributed by atoms with Gasteiger partial charge in [0.25, 0.3) is 5.91 Å². The monoisotopic (exact) mass is 377 g/mol. The lowest BCUT2D eigenvalue weighted by Crippen LogP contribution is -2.36. The summed E-state index contributed by atoms with van der Waals surface area (Å²) in [5.41, 5.74) is -0.442. The number of carbonyl (C=O) groups excluding carboxylic acids is 1. The molecule has 2 heterocycles. The zero-order valence-electron chi connectivity index (χ0n) is 14.3. The molecule has 1 amide bonds. The van der Waals surface area contributed by atoms with Crippen molar-refractivity contribution in [1.29, 1.82) is 0 Å². The first-order valence-corrected chi connectivity index (χ1v) is 8.11. The Labute approximate surface area is 153 Å². The molecule has 0 bridgehead atoms. The maximum Gasteiger partial charge on any atom is 0.351 e. The van der Waals surface area contributed by atoms with E-state index in [-0.39, 0.29) is 5.82 Å². The molecule has 144 valence electrons. The van der Waals surface area contributed by atoms with Crippen LogP contribution in [0.1, 0.15) is 16.6 Å². The molecular formula is C17H19N3O7. The number of ether oxygens (including phenoxy) is 2. The largest absolute Gasteiger partial charge is 0.497 e. The summed E-state index contributed by atoms with van der Waals surface area (Å²) in [5.74, 6) is 0.157. The number of amides is 1. The van der Waals surface area contributed by atoms with Crippen LogP contribution in [0.15, 0.2) is 41.3 Å². The van der Waals surface area contributed by atoms with Crippen LogP contribution in [0.4, 0.5) is 5.82 Å². The van der Waals surface area contributed by atoms with Crippen LogP contribution in [0.25, 0.3) is 0 Å². The third-order valence-corrected chi connectivity index (χ3v) is 4.22. The highest BCUT2D eigenvalue weighted by Gasteiger charge is 2.43. The number of nitrogens with one attached hydrogen (secondary N) is 1. The van der Waals surface area contributed by atoms with Gasteiger partial charge in [-0.25, -0.2) is 4.79 Å². The molecule has 0 unspecified atom stereocenters. The quantitative estimate of drug-likeness (QED) is 0.526. The number of hydrogen-bond acceptors (Lipinski definition) is 8. The van der Waals surface area contributed by atoms with Gasteiger partial charge in [0, 0.05) is 11.8 Å². The standard InChI is InChI=1S/C17H19N3O7/c1-26-10-4-2-9(3-5-10)15(24)18-12-6-7-20(17(25)19-12)16-14(23)13(22)11(8-21)27-16/h2-7,11,13-14,16,21-23H,8H2,1H3,(H,18,19,24,25)/t11-,13-,14-,16-/m1/s1. The predicted molar refractivity (Wildman–Crippen MR) is 92.5 cm³/mol. The number of benzene rings is 1. The van der Waals surface area contributed by atoms with Gasteiger partial charge in [0.05, 0.1) is 13.7 Å². The molecular weight excluding hydrogens is 358 g/mol. The fourth-order valence-electron chi connectivity index (χ4n) is 2.72. The lowest BCUT2D eigenvalue weighted by molar-refractivity contribution is -0.0549. The van der Waals surface area contributed by atoms with Crippen LogP contribution in [-0.4, -0.2) is 62.8 Å². The van der Waals surface area contributed by atoms with Crippen molar-refractivity contribution in [2.24, 2.45) is 0 Å². The van der Waals surface area contributed by atoms with Gasteiger partial charge in [-0.05, 0) is 30.3 Å². The highest BCUT2D eigenvalue weighted by atomic mass is 16.6. The van der Waals surface area contributed by atoms with Crippen molar-refractivity contribution >= 4 is 11.7 Å². The molecule has 3 rings (SSSR count). The van der Waals surface area contributed by atoms with E-state index in [4.69, 9.17) is 14.6 Å². The smallest absolute Gasteiger partial charge is 0.351 e. The molecule has 1 fully saturated rings. The number of aromatic nitrogens is 2. The van der Waals surface area contributed by atoms with Crippen LogP contribution >= 0.6 is 0 Å². The number of hydrogen-bond donors (Lipinski definition) is 4. The summed E-state index contributed by atoms with van der Waals surface area (Å²) in [7, 11) is 1.51. The number of rotatable bonds is 5. The Morgan fingerprint density at radius 2 is 1.96 bits per heavy atom. The second-order valence-electron chi connectivity index (χ2n) is 5.91. The molecule has 1 aromatic carbocycles. The summed E-state index contributed by atoms with van der Waals surface area (Å²) in [6, 6.07) is 7.74. The number of carbonyl (C=O) groups is 1. The second kappa shape index (κ2) is 7.84. The minimum Gasteiger partial charge on any atom is -0.497 e. The fraction of sp³-hybridized carbons (Fsp3) is 0.353. The molecule has 10 nitrogen and oxygen atoms in total. The van der Waals surface area contributed by atoms with E-state index in [0.29, 0.717) is 11.3 Å². The average molecular weight is 377 g/mol. The van der Waals surface area contributed by atoms with Gasteiger partial charge in [-0.3, -0.25) is 9.36 Å². The summed E-state index contributed by atoms with van der Waals surface area (Å²) in [6.07, 6.45) is -3.66. The Morgan fingerprint density at radius 1 is 1.26 bits per heavy atom. The maximum absolute atomic E-state index is 12.2. The molecule has 1 aliphatic rings. The number of methoxy groups -OCH3 is 1. The molecule has 10 heteroatoms. The van der Waals surface area contributed by atoms with Gasteiger partial charge >= 0.3 is 5.69 Å². The van der Waals surface area contributed by atoms with Gasteiger partial charge in [0.1, 0.15) is 29.9 Å². The van der Waals surface area contributed by atoms with E-state index in [1.54, 1.807) is 24.3 Å². The summed E-state index contributed by atoms with van der Waals surface area (Å²) in [5, 5.41) is 31.4. The first kappa shape index (κ1) is 19.0. The molecule has 27 heavy (non-hydrogen) atoms. The van der Waals surface area contributed by atoms with Crippen molar-refractivity contribution in [3.63, 3.8) is 0 Å². The van der Waals surface area contributed by atoms with Gasteiger partial charge in [0.15, 0.2) is 6.23 Å². The Balaban J connectivity index is 1.75. The van der Waals surface area contributed by atoms with Crippen molar-refractivity contribution in [2.45, 2.75) is 24.5 Å². The predicted octanol–water partition coefficient (Wildman–Crippen LogP) is -0.884. The van der Waals surface area contributed by atoms with Crippen LogP contribution in [0.2, 0.25) is 0 Å². The average Bonchev–Trinajstić information content (AvgIpc) is 2.96. The van der Waals surface area contributed by atoms with Gasteiger partial charge in [0.2, 0.25) is 0 Å². The van der Waals surface area contributed by atoms with E-state index in [9.17, 15) is 19.8 Å². The zero-order valence-corrected chi connectivity index (χ0v) is 14.3. The van der Waals surface area contributed by atoms with Crippen molar-refractivity contribution < 1.29 is 29.6 Å². The van der Waals surface area contributed by atoms with Crippen LogP contribution in [-0.2, 0) is 4.74 Å². The van der Waals surface area contributed by atoms with E-state index < -0.39 is 42.7 Å². The number of nitrogens with zero attached hydrogens (tertiary/aromatic N) is 2. The molecule has 0 saturated carbocycles. The maximum atomic E-state index is 12.2. The molecule has 2 aromatic rings. The summed E-state index contributed by atoms with van der Waals surface area (Å²) in [6.45, 7) is -0.507. The highest BCUT2D eigenvalue weighted by molar-refractivity contribution is 6.03. The van der Waals surface area contributed by atoms with E-state index in [0.717, 1.165) is 4.57 Å². The van der Waals surface area contributed by atoms with Gasteiger partial charge in [-0.15, -0.1) is 0 Å². The van der Waals surface area contributed by atoms with Crippen LogP contribution in [0.5, 0.6) is 5.75 Å². The minimum atomic E-state index is -1.40. The molecule has 1 saturated heterocycles. The van der Waals surface area contributed by atoms with Crippen LogP contribution in [0, 0.1) is 0 Å². The number of anilines is 1. The van der Waals surface area contributed by atoms with Gasteiger partial charge < -0.3 is 30.1 Å². The molecule has 4 atom stereocenters. The topological polar surface area (TPSA) is 143 Å². The third-order valence-electron chi connectivity index (χ3n) is 4.22. The first-order valence-electron chi connectivity index (χ1n) is 8.11. The van der Waals surface area contributed by atoms with Crippen molar-refractivity contribution in [1.82, 2.24) is 9.55 Å². The highest BCUT2D eigenvalue weighted by Crippen LogP contribution is 2.28. The normalized spacial score (nSPS) is 24.6. The lowest BCUT2D eigenvalue weighted by atomic mass is 10.1. The summed E-state index contributed by atoms with van der Waals surface area (Å²) < 4.78 is 11.3. The first-order chi connectivity index (χ1) is 12.9. The van der Waals surface area contributed by atoms with Gasteiger partial charge in [-0.2, -0.15) is 4.98 Å². The van der Waals surface area contributed by atoms with Crippen molar-refractivity contribution in [3.8, 4) is 5.75 Å². The van der Waals surface area contributed by atoms with E-state index in [1.807, 2.05) is 0 Å². The Hall–Kier alpha value is -2.79. The third kappa shape index (κ3) is 3.83. The molecule has 4 N–H and O–H groups in total. The minimum absolute atomic E-state index is 0.0174. The molecule has 0 spiro atoms. The number of aliphatic hydroxyl groups is 3. The molecule has 0 radical (unpaired) electrons. The van der Waals surface area contributed by atoms with Crippen LogP contribution in [0.3, 0.4) is 0 Å². The van der Waals surface area contributed by atoms with Crippen LogP contribution < -0.4 is 15.7 Å². The van der Waals surface area contributed by atoms with Crippen molar-refractivity contribution in [3.05, 3.63) is 52.6 Å². The zero-order chi connectivity index (χ0) is 19.6. The Bertz CT molecular complexity index is 868. The second-order valence-corrected chi connectivity index (χ2v) is 5.91. The Kier molecular flexibility index (Phi) is 5.51. The Morgan fingerprint density at radius 3 is 2.52 bits per heavy atom. The molecule has 1 aromatic heterocycles.